The van der Waals surface area contributed by atoms with Crippen LogP contribution in [-0.4, -0.2) is 49.8 Å². The number of pyridine rings is 2. The highest BCUT2D eigenvalue weighted by Gasteiger charge is 2.19. The minimum absolute atomic E-state index is 0.233. The third-order valence-corrected chi connectivity index (χ3v) is 4.57. The molecule has 0 aliphatic carbocycles. The van der Waals surface area contributed by atoms with Crippen LogP contribution in [-0.2, 0) is 6.42 Å². The zero-order valence-electron chi connectivity index (χ0n) is 15.6. The smallest absolute Gasteiger partial charge is 0.115 e. The van der Waals surface area contributed by atoms with E-state index in [0.29, 0.717) is 31.0 Å². The van der Waals surface area contributed by atoms with Gasteiger partial charge in [-0.25, -0.2) is 0 Å². The number of hydrogen-bond acceptors (Lipinski definition) is 6. The zero-order chi connectivity index (χ0) is 19.8. The van der Waals surface area contributed by atoms with Gasteiger partial charge in [-0.15, -0.1) is 0 Å². The number of aliphatic hydroxyl groups excluding tert-OH is 2. The summed E-state index contributed by atoms with van der Waals surface area (Å²) in [6.45, 7) is 1.33. The van der Waals surface area contributed by atoms with Crippen molar-refractivity contribution in [3.8, 4) is 5.75 Å². The Labute approximate surface area is 164 Å². The summed E-state index contributed by atoms with van der Waals surface area (Å²) in [4.78, 5) is 10.4. The van der Waals surface area contributed by atoms with Crippen molar-refractivity contribution in [2.75, 3.05) is 19.6 Å². The minimum Gasteiger partial charge on any atom is -0.508 e. The number of rotatable bonds is 9. The Balaban J connectivity index is 1.68. The molecule has 6 nitrogen and oxygen atoms in total. The molecule has 2 heterocycles. The Bertz CT molecular complexity index is 781. The van der Waals surface area contributed by atoms with Gasteiger partial charge in [0.05, 0.1) is 11.4 Å². The molecule has 2 atom stereocenters. The molecule has 0 bridgehead atoms. The summed E-state index contributed by atoms with van der Waals surface area (Å²) in [6, 6.07) is 17.9. The first-order valence-electron chi connectivity index (χ1n) is 9.30. The highest BCUT2D eigenvalue weighted by Crippen LogP contribution is 2.17. The average molecular weight is 379 g/mol. The Morgan fingerprint density at radius 1 is 0.750 bits per heavy atom. The molecule has 0 saturated heterocycles. The fraction of sp³-hybridized carbons (Fsp3) is 0.273. The highest BCUT2D eigenvalue weighted by atomic mass is 16.3. The average Bonchev–Trinajstić information content (AvgIpc) is 2.74. The SMILES string of the molecule is Oc1ccc(CCN(CC(O)c2ccccn2)CC(O)c2ccccn2)cc1. The van der Waals surface area contributed by atoms with E-state index in [2.05, 4.69) is 9.97 Å². The summed E-state index contributed by atoms with van der Waals surface area (Å²) < 4.78 is 0. The van der Waals surface area contributed by atoms with E-state index >= 15 is 0 Å². The van der Waals surface area contributed by atoms with E-state index in [4.69, 9.17) is 0 Å². The maximum atomic E-state index is 10.6. The molecule has 28 heavy (non-hydrogen) atoms. The molecule has 0 spiro atoms. The lowest BCUT2D eigenvalue weighted by molar-refractivity contribution is 0.0661. The van der Waals surface area contributed by atoms with E-state index in [1.165, 1.54) is 0 Å². The number of phenols is 1. The fourth-order valence-electron chi connectivity index (χ4n) is 3.03. The molecule has 0 radical (unpaired) electrons. The summed E-state index contributed by atoms with van der Waals surface area (Å²) in [6.07, 6.45) is 2.53. The van der Waals surface area contributed by atoms with Crippen molar-refractivity contribution in [2.45, 2.75) is 18.6 Å². The second-order valence-corrected chi connectivity index (χ2v) is 6.72. The molecule has 0 amide bonds. The quantitative estimate of drug-likeness (QED) is 0.529. The van der Waals surface area contributed by atoms with Gasteiger partial charge in [0.15, 0.2) is 0 Å². The van der Waals surface area contributed by atoms with Gasteiger partial charge in [-0.2, -0.15) is 0 Å². The number of aliphatic hydroxyl groups is 2. The molecule has 146 valence electrons. The van der Waals surface area contributed by atoms with Gasteiger partial charge in [0.2, 0.25) is 0 Å². The van der Waals surface area contributed by atoms with E-state index < -0.39 is 12.2 Å². The van der Waals surface area contributed by atoms with E-state index in [1.807, 2.05) is 41.3 Å². The molecule has 0 aliphatic rings. The number of nitrogens with zero attached hydrogens (tertiary/aromatic N) is 3. The molecule has 0 fully saturated rings. The molecule has 1 aromatic carbocycles. The molecular weight excluding hydrogens is 354 g/mol. The van der Waals surface area contributed by atoms with Crippen LogP contribution in [0.25, 0.3) is 0 Å². The normalized spacial score (nSPS) is 13.4. The van der Waals surface area contributed by atoms with Crippen LogP contribution in [0.3, 0.4) is 0 Å². The largest absolute Gasteiger partial charge is 0.508 e. The van der Waals surface area contributed by atoms with Gasteiger partial charge >= 0.3 is 0 Å². The number of aromatic hydroxyl groups is 1. The minimum atomic E-state index is -0.753. The van der Waals surface area contributed by atoms with E-state index in [-0.39, 0.29) is 5.75 Å². The number of hydrogen-bond donors (Lipinski definition) is 3. The van der Waals surface area contributed by atoms with Crippen molar-refractivity contribution >= 4 is 0 Å². The molecule has 3 aromatic rings. The van der Waals surface area contributed by atoms with Crippen molar-refractivity contribution in [1.82, 2.24) is 14.9 Å². The summed E-state index contributed by atoms with van der Waals surface area (Å²) in [5.41, 5.74) is 2.27. The number of aromatic nitrogens is 2. The third kappa shape index (κ3) is 5.85. The van der Waals surface area contributed by atoms with Gasteiger partial charge in [0.25, 0.3) is 0 Å². The van der Waals surface area contributed by atoms with Gasteiger partial charge in [0.1, 0.15) is 18.0 Å². The standard InChI is InChI=1S/C22H25N3O3/c26-18-9-7-17(8-10-18)11-14-25(15-21(27)19-5-1-3-12-23-19)16-22(28)20-6-2-4-13-24-20/h1-10,12-13,21-22,26-28H,11,14-16H2. The number of benzene rings is 1. The molecule has 6 heteroatoms. The Morgan fingerprint density at radius 2 is 1.29 bits per heavy atom. The molecule has 0 aliphatic heterocycles. The Kier molecular flexibility index (Phi) is 7.08. The lowest BCUT2D eigenvalue weighted by Gasteiger charge is -2.27. The summed E-state index contributed by atoms with van der Waals surface area (Å²) in [5.74, 6) is 0.233. The Morgan fingerprint density at radius 3 is 1.75 bits per heavy atom. The summed E-state index contributed by atoms with van der Waals surface area (Å²) >= 11 is 0. The lowest BCUT2D eigenvalue weighted by Crippen LogP contribution is -2.34. The van der Waals surface area contributed by atoms with Gasteiger partial charge < -0.3 is 15.3 Å². The van der Waals surface area contributed by atoms with Gasteiger partial charge in [-0.3, -0.25) is 14.9 Å². The van der Waals surface area contributed by atoms with Crippen LogP contribution in [0.15, 0.2) is 73.1 Å². The Hall–Kier alpha value is -2.80. The monoisotopic (exact) mass is 379 g/mol. The van der Waals surface area contributed by atoms with Crippen LogP contribution >= 0.6 is 0 Å². The van der Waals surface area contributed by atoms with Crippen molar-refractivity contribution in [2.24, 2.45) is 0 Å². The van der Waals surface area contributed by atoms with Crippen LogP contribution in [0.5, 0.6) is 5.75 Å². The van der Waals surface area contributed by atoms with E-state index in [0.717, 1.165) is 12.0 Å². The van der Waals surface area contributed by atoms with Gasteiger partial charge in [-0.05, 0) is 48.4 Å². The molecule has 3 rings (SSSR count). The predicted molar refractivity (Wildman–Crippen MR) is 107 cm³/mol. The second kappa shape index (κ2) is 9.94. The number of phenolic OH excluding ortho intramolecular Hbond substituents is 1. The van der Waals surface area contributed by atoms with Crippen LogP contribution in [0.1, 0.15) is 29.2 Å². The molecule has 2 aromatic heterocycles. The second-order valence-electron chi connectivity index (χ2n) is 6.72. The lowest BCUT2D eigenvalue weighted by atomic mass is 10.1. The van der Waals surface area contributed by atoms with Crippen molar-refractivity contribution < 1.29 is 15.3 Å². The van der Waals surface area contributed by atoms with Gasteiger partial charge in [-0.1, -0.05) is 24.3 Å². The first-order chi connectivity index (χ1) is 13.6. The van der Waals surface area contributed by atoms with Crippen molar-refractivity contribution in [3.05, 3.63) is 90.0 Å². The fourth-order valence-corrected chi connectivity index (χ4v) is 3.03. The molecule has 0 saturated carbocycles. The first-order valence-corrected chi connectivity index (χ1v) is 9.30. The van der Waals surface area contributed by atoms with Crippen LogP contribution in [0.4, 0.5) is 0 Å². The van der Waals surface area contributed by atoms with E-state index in [1.54, 1.807) is 36.7 Å². The molecular formula is C22H25N3O3. The van der Waals surface area contributed by atoms with Gasteiger partial charge in [0, 0.05) is 32.0 Å². The van der Waals surface area contributed by atoms with Crippen LogP contribution in [0, 0.1) is 0 Å². The summed E-state index contributed by atoms with van der Waals surface area (Å²) in [7, 11) is 0. The zero-order valence-corrected chi connectivity index (χ0v) is 15.6. The maximum Gasteiger partial charge on any atom is 0.115 e. The van der Waals surface area contributed by atoms with E-state index in [9.17, 15) is 15.3 Å². The molecule has 3 N–H and O–H groups in total. The molecule has 2 unspecified atom stereocenters. The van der Waals surface area contributed by atoms with Crippen LogP contribution in [0.2, 0.25) is 0 Å². The van der Waals surface area contributed by atoms with Crippen molar-refractivity contribution in [1.29, 1.82) is 0 Å². The maximum absolute atomic E-state index is 10.6. The van der Waals surface area contributed by atoms with Crippen molar-refractivity contribution in [3.63, 3.8) is 0 Å². The highest BCUT2D eigenvalue weighted by molar-refractivity contribution is 5.26. The summed E-state index contributed by atoms with van der Waals surface area (Å²) in [5, 5.41) is 30.6. The third-order valence-electron chi connectivity index (χ3n) is 4.57. The predicted octanol–water partition coefficient (Wildman–Crippen LogP) is 2.49. The topological polar surface area (TPSA) is 89.7 Å². The van der Waals surface area contributed by atoms with Crippen LogP contribution < -0.4 is 0 Å². The first kappa shape index (κ1) is 19.9.